The van der Waals surface area contributed by atoms with Gasteiger partial charge in [0.05, 0.1) is 5.41 Å². The maximum atomic E-state index is 13.8. The van der Waals surface area contributed by atoms with Crippen LogP contribution in [0.3, 0.4) is 0 Å². The summed E-state index contributed by atoms with van der Waals surface area (Å²) in [6.07, 6.45) is 1.64. The molecule has 2 heterocycles. The van der Waals surface area contributed by atoms with E-state index in [0.29, 0.717) is 18.9 Å². The Hall–Kier alpha value is -3.22. The molecule has 1 aliphatic carbocycles. The lowest BCUT2D eigenvalue weighted by molar-refractivity contribution is 0.0696. The first-order chi connectivity index (χ1) is 14.6. The van der Waals surface area contributed by atoms with Gasteiger partial charge in [0.1, 0.15) is 5.82 Å². The van der Waals surface area contributed by atoms with Gasteiger partial charge in [-0.25, -0.2) is 4.39 Å². The lowest BCUT2D eigenvalue weighted by Gasteiger charge is -2.35. The molecule has 1 aromatic heterocycles. The van der Waals surface area contributed by atoms with E-state index >= 15 is 0 Å². The van der Waals surface area contributed by atoms with Gasteiger partial charge < -0.3 is 14.3 Å². The molecule has 2 aromatic carbocycles. The number of piperazine rings is 1. The number of rotatable bonds is 4. The third kappa shape index (κ3) is 3.24. The maximum Gasteiger partial charge on any atom is 0.316 e. The summed E-state index contributed by atoms with van der Waals surface area (Å²) in [6.45, 7) is 4.65. The fourth-order valence-corrected chi connectivity index (χ4v) is 4.29. The molecule has 30 heavy (non-hydrogen) atoms. The number of amides is 1. The van der Waals surface area contributed by atoms with Gasteiger partial charge in [0, 0.05) is 31.9 Å². The number of hydrogen-bond donors (Lipinski definition) is 0. The van der Waals surface area contributed by atoms with Crippen LogP contribution in [-0.4, -0.2) is 47.1 Å². The minimum absolute atomic E-state index is 0.0125. The van der Waals surface area contributed by atoms with Crippen LogP contribution in [0.2, 0.25) is 0 Å². The average Bonchev–Trinajstić information content (AvgIpc) is 3.44. The van der Waals surface area contributed by atoms with E-state index in [-0.39, 0.29) is 17.6 Å². The summed E-state index contributed by atoms with van der Waals surface area (Å²) in [5.41, 5.74) is 2.58. The summed E-state index contributed by atoms with van der Waals surface area (Å²) in [7, 11) is 0. The van der Waals surface area contributed by atoms with Crippen LogP contribution in [-0.2, 0) is 5.41 Å². The zero-order valence-electron chi connectivity index (χ0n) is 16.8. The van der Waals surface area contributed by atoms with Crippen LogP contribution in [0, 0.1) is 12.7 Å². The number of para-hydroxylation sites is 1. The number of aromatic nitrogens is 2. The minimum Gasteiger partial charge on any atom is -0.368 e. The van der Waals surface area contributed by atoms with E-state index in [1.165, 1.54) is 6.07 Å². The quantitative estimate of drug-likeness (QED) is 0.663. The molecule has 7 heteroatoms. The highest BCUT2D eigenvalue weighted by Gasteiger charge is 2.51. The van der Waals surface area contributed by atoms with Gasteiger partial charge in [0.25, 0.3) is 0 Å². The highest BCUT2D eigenvalue weighted by Crippen LogP contribution is 2.53. The maximum absolute atomic E-state index is 13.8. The summed E-state index contributed by atoms with van der Waals surface area (Å²) in [5, 5.41) is 4.11. The summed E-state index contributed by atoms with van der Waals surface area (Å²) in [5.74, 6) is -0.0350. The van der Waals surface area contributed by atoms with Crippen molar-refractivity contribution in [2.75, 3.05) is 31.1 Å². The Kier molecular flexibility index (Phi) is 4.53. The van der Waals surface area contributed by atoms with Gasteiger partial charge in [-0.15, -0.1) is 0 Å². The smallest absolute Gasteiger partial charge is 0.316 e. The average molecular weight is 406 g/mol. The highest BCUT2D eigenvalue weighted by atomic mass is 19.1. The normalized spacial score (nSPS) is 17.8. The molecule has 0 bridgehead atoms. The van der Waals surface area contributed by atoms with Gasteiger partial charge in [0.15, 0.2) is 5.82 Å². The lowest BCUT2D eigenvalue weighted by Crippen LogP contribution is -2.48. The first-order valence-electron chi connectivity index (χ1n) is 10.3. The number of carbonyl (C=O) groups is 1. The van der Waals surface area contributed by atoms with Crippen LogP contribution in [0.5, 0.6) is 0 Å². The van der Waals surface area contributed by atoms with Gasteiger partial charge in [-0.2, -0.15) is 4.98 Å². The zero-order chi connectivity index (χ0) is 20.7. The van der Waals surface area contributed by atoms with Crippen molar-refractivity contribution in [1.82, 2.24) is 15.0 Å². The Bertz CT molecular complexity index is 1070. The second-order valence-corrected chi connectivity index (χ2v) is 8.08. The van der Waals surface area contributed by atoms with Crippen molar-refractivity contribution in [1.29, 1.82) is 0 Å². The molecular weight excluding hydrogens is 383 g/mol. The van der Waals surface area contributed by atoms with Crippen LogP contribution in [0.15, 0.2) is 53.1 Å². The number of benzene rings is 2. The van der Waals surface area contributed by atoms with Crippen molar-refractivity contribution in [2.45, 2.75) is 25.2 Å². The molecule has 3 aromatic rings. The molecule has 1 aliphatic heterocycles. The predicted octanol–water partition coefficient (Wildman–Crippen LogP) is 3.56. The number of carbonyl (C=O) groups excluding carboxylic acids is 1. The van der Waals surface area contributed by atoms with E-state index in [1.54, 1.807) is 17.0 Å². The van der Waals surface area contributed by atoms with Crippen molar-refractivity contribution >= 4 is 11.6 Å². The van der Waals surface area contributed by atoms with Crippen LogP contribution >= 0.6 is 0 Å². The molecule has 0 spiro atoms. The summed E-state index contributed by atoms with van der Waals surface area (Å²) >= 11 is 0. The molecule has 2 fully saturated rings. The lowest BCUT2D eigenvalue weighted by atomic mass is 9.91. The molecule has 154 valence electrons. The molecule has 6 nitrogen and oxygen atoms in total. The monoisotopic (exact) mass is 406 g/mol. The molecule has 2 aliphatic rings. The molecule has 1 saturated heterocycles. The van der Waals surface area contributed by atoms with E-state index < -0.39 is 5.41 Å². The van der Waals surface area contributed by atoms with Gasteiger partial charge in [-0.05, 0) is 55.2 Å². The largest absolute Gasteiger partial charge is 0.368 e. The number of nitrogens with zero attached hydrogens (tertiary/aromatic N) is 4. The van der Waals surface area contributed by atoms with E-state index in [9.17, 15) is 9.18 Å². The Labute approximate surface area is 174 Å². The Balaban J connectivity index is 1.30. The Morgan fingerprint density at radius 1 is 1.07 bits per heavy atom. The Morgan fingerprint density at radius 2 is 1.80 bits per heavy atom. The second-order valence-electron chi connectivity index (χ2n) is 8.08. The van der Waals surface area contributed by atoms with Crippen LogP contribution in [0.1, 0.15) is 40.5 Å². The van der Waals surface area contributed by atoms with Crippen molar-refractivity contribution < 1.29 is 13.7 Å². The predicted molar refractivity (Wildman–Crippen MR) is 110 cm³/mol. The Morgan fingerprint density at radius 3 is 2.50 bits per heavy atom. The number of aryl methyl sites for hydroxylation is 1. The molecule has 0 unspecified atom stereocenters. The van der Waals surface area contributed by atoms with Crippen molar-refractivity contribution in [3.63, 3.8) is 0 Å². The molecular formula is C23H23FN4O2. The van der Waals surface area contributed by atoms with Crippen LogP contribution in [0.4, 0.5) is 10.1 Å². The van der Waals surface area contributed by atoms with Crippen molar-refractivity contribution in [3.05, 3.63) is 77.2 Å². The van der Waals surface area contributed by atoms with Crippen LogP contribution in [0.25, 0.3) is 0 Å². The fourth-order valence-electron chi connectivity index (χ4n) is 4.29. The topological polar surface area (TPSA) is 62.5 Å². The van der Waals surface area contributed by atoms with Gasteiger partial charge >= 0.3 is 11.8 Å². The number of anilines is 1. The molecule has 0 N–H and O–H groups in total. The zero-order valence-corrected chi connectivity index (χ0v) is 16.8. The summed E-state index contributed by atoms with van der Waals surface area (Å²) < 4.78 is 19.2. The molecule has 1 amide bonds. The van der Waals surface area contributed by atoms with Gasteiger partial charge in [0.2, 0.25) is 0 Å². The minimum atomic E-state index is -0.444. The summed E-state index contributed by atoms with van der Waals surface area (Å²) in [6, 6.07) is 14.9. The van der Waals surface area contributed by atoms with Gasteiger partial charge in [-0.3, -0.25) is 4.79 Å². The molecule has 0 radical (unpaired) electrons. The highest BCUT2D eigenvalue weighted by molar-refractivity contribution is 5.89. The SMILES string of the molecule is Cc1ccc(F)cc1C1(c2noc(C(=O)N3CCN(c4ccccc4)CC3)n2)CC1. The number of hydrogen-bond acceptors (Lipinski definition) is 5. The van der Waals surface area contributed by atoms with Crippen molar-refractivity contribution in [3.8, 4) is 0 Å². The number of halogens is 1. The van der Waals surface area contributed by atoms with E-state index in [0.717, 1.165) is 42.7 Å². The standard InChI is InChI=1S/C23H23FN4O2/c1-16-7-8-17(24)15-19(16)23(9-10-23)22-25-20(30-26-22)21(29)28-13-11-27(12-14-28)18-5-3-2-4-6-18/h2-8,15H,9-14H2,1H3. The van der Waals surface area contributed by atoms with Gasteiger partial charge in [-0.1, -0.05) is 29.4 Å². The first kappa shape index (κ1) is 18.8. The van der Waals surface area contributed by atoms with E-state index in [1.807, 2.05) is 25.1 Å². The third-order valence-electron chi connectivity index (χ3n) is 6.19. The summed E-state index contributed by atoms with van der Waals surface area (Å²) in [4.78, 5) is 21.4. The van der Waals surface area contributed by atoms with Crippen LogP contribution < -0.4 is 4.90 Å². The molecule has 0 atom stereocenters. The van der Waals surface area contributed by atoms with E-state index in [2.05, 4.69) is 27.2 Å². The molecule has 1 saturated carbocycles. The third-order valence-corrected chi connectivity index (χ3v) is 6.19. The first-order valence-corrected chi connectivity index (χ1v) is 10.3. The molecule has 5 rings (SSSR count). The van der Waals surface area contributed by atoms with E-state index in [4.69, 9.17) is 4.52 Å². The second kappa shape index (κ2) is 7.23. The van der Waals surface area contributed by atoms with Crippen molar-refractivity contribution in [2.24, 2.45) is 0 Å². The fraction of sp³-hybridized carbons (Fsp3) is 0.348.